The van der Waals surface area contributed by atoms with Gasteiger partial charge in [-0.3, -0.25) is 4.79 Å². The fourth-order valence-corrected chi connectivity index (χ4v) is 3.94. The van der Waals surface area contributed by atoms with Gasteiger partial charge in [0.2, 0.25) is 5.91 Å². The molecule has 0 radical (unpaired) electrons. The Morgan fingerprint density at radius 3 is 2.85 bits per heavy atom. The van der Waals surface area contributed by atoms with Gasteiger partial charge < -0.3 is 15.0 Å². The lowest BCUT2D eigenvalue weighted by molar-refractivity contribution is -0.115. The number of esters is 1. The second-order valence-electron chi connectivity index (χ2n) is 6.16. The Hall–Kier alpha value is -2.47. The van der Waals surface area contributed by atoms with Crippen LogP contribution in [0.1, 0.15) is 22.3 Å². The zero-order valence-corrected chi connectivity index (χ0v) is 15.8. The smallest absolute Gasteiger partial charge is 0.337 e. The number of para-hydroxylation sites is 1. The topological polar surface area (TPSA) is 58.6 Å². The monoisotopic (exact) mass is 370 g/mol. The average Bonchev–Trinajstić information content (AvgIpc) is 2.85. The number of carbonyl (C=O) groups is 2. The number of benzene rings is 2. The second kappa shape index (κ2) is 8.27. The molecule has 5 nitrogen and oxygen atoms in total. The number of amides is 1. The number of hydrogen-bond donors (Lipinski definition) is 1. The summed E-state index contributed by atoms with van der Waals surface area (Å²) < 4.78 is 4.75. The van der Waals surface area contributed by atoms with Crippen molar-refractivity contribution in [1.82, 2.24) is 0 Å². The molecule has 0 unspecified atom stereocenters. The van der Waals surface area contributed by atoms with E-state index in [0.29, 0.717) is 11.3 Å². The molecule has 0 atom stereocenters. The molecule has 26 heavy (non-hydrogen) atoms. The summed E-state index contributed by atoms with van der Waals surface area (Å²) in [6.07, 6.45) is 1.03. The zero-order valence-electron chi connectivity index (χ0n) is 15.0. The van der Waals surface area contributed by atoms with Crippen molar-refractivity contribution in [3.05, 3.63) is 53.6 Å². The van der Waals surface area contributed by atoms with Crippen LogP contribution >= 0.6 is 11.8 Å². The number of anilines is 2. The third kappa shape index (κ3) is 4.19. The van der Waals surface area contributed by atoms with Crippen LogP contribution < -0.4 is 10.2 Å². The van der Waals surface area contributed by atoms with Gasteiger partial charge in [-0.2, -0.15) is 0 Å². The third-order valence-corrected chi connectivity index (χ3v) is 5.45. The minimum Gasteiger partial charge on any atom is -0.465 e. The molecule has 0 aliphatic carbocycles. The van der Waals surface area contributed by atoms with Crippen LogP contribution in [-0.2, 0) is 9.53 Å². The predicted octanol–water partition coefficient (Wildman–Crippen LogP) is 3.72. The van der Waals surface area contributed by atoms with Crippen LogP contribution in [0.3, 0.4) is 0 Å². The molecule has 1 aliphatic rings. The maximum Gasteiger partial charge on any atom is 0.337 e. The van der Waals surface area contributed by atoms with Crippen molar-refractivity contribution in [2.45, 2.75) is 18.2 Å². The van der Waals surface area contributed by atoms with E-state index in [1.165, 1.54) is 12.0 Å². The van der Waals surface area contributed by atoms with Crippen molar-refractivity contribution < 1.29 is 14.3 Å². The molecule has 0 bridgehead atoms. The van der Waals surface area contributed by atoms with Crippen LogP contribution in [-0.4, -0.2) is 37.8 Å². The normalized spacial score (nSPS) is 13.5. The minimum atomic E-state index is -0.418. The number of ether oxygens (including phenoxy) is 1. The third-order valence-electron chi connectivity index (χ3n) is 4.30. The van der Waals surface area contributed by atoms with Crippen molar-refractivity contribution in [2.75, 3.05) is 36.2 Å². The van der Waals surface area contributed by atoms with E-state index in [9.17, 15) is 9.59 Å². The Kier molecular flexibility index (Phi) is 5.83. The quantitative estimate of drug-likeness (QED) is 0.831. The van der Waals surface area contributed by atoms with E-state index >= 15 is 0 Å². The lowest BCUT2D eigenvalue weighted by Gasteiger charge is -2.24. The summed E-state index contributed by atoms with van der Waals surface area (Å²) in [7, 11) is 1.34. The number of aryl methyl sites for hydroxylation is 1. The van der Waals surface area contributed by atoms with E-state index in [-0.39, 0.29) is 12.5 Å². The van der Waals surface area contributed by atoms with Crippen molar-refractivity contribution >= 4 is 35.0 Å². The highest BCUT2D eigenvalue weighted by molar-refractivity contribution is 7.99. The van der Waals surface area contributed by atoms with E-state index in [1.807, 2.05) is 30.8 Å². The maximum absolute atomic E-state index is 12.6. The Bertz CT molecular complexity index is 822. The van der Waals surface area contributed by atoms with Gasteiger partial charge in [-0.05, 0) is 48.9 Å². The molecule has 2 aromatic rings. The van der Waals surface area contributed by atoms with E-state index in [0.717, 1.165) is 30.0 Å². The van der Waals surface area contributed by atoms with E-state index < -0.39 is 5.97 Å². The first-order valence-corrected chi connectivity index (χ1v) is 9.52. The van der Waals surface area contributed by atoms with Crippen LogP contribution in [0, 0.1) is 6.92 Å². The van der Waals surface area contributed by atoms with Crippen LogP contribution in [0.2, 0.25) is 0 Å². The summed E-state index contributed by atoms with van der Waals surface area (Å²) in [6.45, 7) is 3.02. The summed E-state index contributed by atoms with van der Waals surface area (Å²) in [4.78, 5) is 27.7. The number of methoxy groups -OCH3 is 1. The summed E-state index contributed by atoms with van der Waals surface area (Å²) >= 11 is 1.83. The van der Waals surface area contributed by atoms with E-state index in [2.05, 4.69) is 22.3 Å². The second-order valence-corrected chi connectivity index (χ2v) is 7.30. The van der Waals surface area contributed by atoms with Gasteiger partial charge in [-0.1, -0.05) is 18.2 Å². The molecular weight excluding hydrogens is 348 g/mol. The van der Waals surface area contributed by atoms with Crippen LogP contribution in [0.5, 0.6) is 0 Å². The number of rotatable bonds is 4. The van der Waals surface area contributed by atoms with E-state index in [4.69, 9.17) is 4.74 Å². The molecule has 1 heterocycles. The lowest BCUT2D eigenvalue weighted by atomic mass is 10.1. The Labute approximate surface area is 157 Å². The number of fused-ring (bicyclic) bond motifs is 1. The molecule has 136 valence electrons. The van der Waals surface area contributed by atoms with Crippen LogP contribution in [0.4, 0.5) is 11.4 Å². The van der Waals surface area contributed by atoms with Gasteiger partial charge in [0.25, 0.3) is 0 Å². The minimum absolute atomic E-state index is 0.100. The molecule has 0 saturated carbocycles. The molecule has 0 aromatic heterocycles. The first-order chi connectivity index (χ1) is 12.6. The van der Waals surface area contributed by atoms with Crippen molar-refractivity contribution in [3.63, 3.8) is 0 Å². The Morgan fingerprint density at radius 1 is 1.23 bits per heavy atom. The van der Waals surface area contributed by atoms with Gasteiger partial charge >= 0.3 is 5.97 Å². The molecular formula is C20H22N2O3S. The molecule has 6 heteroatoms. The fourth-order valence-electron chi connectivity index (χ4n) is 2.93. The predicted molar refractivity (Wildman–Crippen MR) is 105 cm³/mol. The van der Waals surface area contributed by atoms with E-state index in [1.54, 1.807) is 18.2 Å². The fraction of sp³-hybridized carbons (Fsp3) is 0.300. The number of hydrogen-bond acceptors (Lipinski definition) is 5. The van der Waals surface area contributed by atoms with Gasteiger partial charge in [0.05, 0.1) is 24.9 Å². The molecule has 2 aromatic carbocycles. The molecule has 1 N–H and O–H groups in total. The number of thioether (sulfide) groups is 1. The number of carbonyl (C=O) groups excluding carboxylic acids is 2. The van der Waals surface area contributed by atoms with Crippen LogP contribution in [0.15, 0.2) is 47.4 Å². The molecule has 1 amide bonds. The summed E-state index contributed by atoms with van der Waals surface area (Å²) in [5.41, 5.74) is 3.06. The first-order valence-electron chi connectivity index (χ1n) is 8.54. The van der Waals surface area contributed by atoms with Gasteiger partial charge in [0.15, 0.2) is 0 Å². The molecule has 0 spiro atoms. The SMILES string of the molecule is COC(=O)c1ccc(C)c(NC(=O)CN2CCCSc3ccccc32)c1. The summed E-state index contributed by atoms with van der Waals surface area (Å²) in [5, 5.41) is 2.93. The first kappa shape index (κ1) is 18.3. The van der Waals surface area contributed by atoms with Crippen molar-refractivity contribution in [3.8, 4) is 0 Å². The zero-order chi connectivity index (χ0) is 18.5. The van der Waals surface area contributed by atoms with Gasteiger partial charge in [0.1, 0.15) is 0 Å². The highest BCUT2D eigenvalue weighted by atomic mass is 32.2. The van der Waals surface area contributed by atoms with Crippen molar-refractivity contribution in [1.29, 1.82) is 0 Å². The average molecular weight is 370 g/mol. The standard InChI is InChI=1S/C20H22N2O3S/c1-14-8-9-15(20(24)25-2)12-16(14)21-19(23)13-22-10-5-11-26-18-7-4-3-6-17(18)22/h3-4,6-9,12H,5,10-11,13H2,1-2H3,(H,21,23). The molecule has 3 rings (SSSR count). The Morgan fingerprint density at radius 2 is 2.04 bits per heavy atom. The summed E-state index contributed by atoms with van der Waals surface area (Å²) in [6, 6.07) is 13.3. The highest BCUT2D eigenvalue weighted by Gasteiger charge is 2.18. The van der Waals surface area contributed by atoms with Crippen molar-refractivity contribution in [2.24, 2.45) is 0 Å². The largest absolute Gasteiger partial charge is 0.465 e. The molecule has 0 fully saturated rings. The maximum atomic E-state index is 12.6. The molecule has 1 aliphatic heterocycles. The number of nitrogens with zero attached hydrogens (tertiary/aromatic N) is 1. The lowest BCUT2D eigenvalue weighted by Crippen LogP contribution is -2.34. The number of nitrogens with one attached hydrogen (secondary N) is 1. The van der Waals surface area contributed by atoms with Gasteiger partial charge in [-0.25, -0.2) is 4.79 Å². The molecule has 0 saturated heterocycles. The highest BCUT2D eigenvalue weighted by Crippen LogP contribution is 2.33. The summed E-state index contributed by atoms with van der Waals surface area (Å²) in [5.74, 6) is 0.533. The van der Waals surface area contributed by atoms with Gasteiger partial charge in [0, 0.05) is 17.1 Å². The van der Waals surface area contributed by atoms with Gasteiger partial charge in [-0.15, -0.1) is 11.8 Å². The van der Waals surface area contributed by atoms with Crippen LogP contribution in [0.25, 0.3) is 0 Å². The Balaban J connectivity index is 1.74.